The highest BCUT2D eigenvalue weighted by atomic mass is 19.1. The van der Waals surface area contributed by atoms with Crippen LogP contribution in [-0.2, 0) is 0 Å². The molecule has 2 rings (SSSR count). The Hall–Kier alpha value is -1.86. The lowest BCUT2D eigenvalue weighted by molar-refractivity contribution is 0.0742. The SMILES string of the molecule is CCCN(C(=O)c1ccc(C#CCN)c(F)c1)C1CC1. The Bertz CT molecular complexity index is 555. The molecule has 0 unspecified atom stereocenters. The van der Waals surface area contributed by atoms with Crippen molar-refractivity contribution in [2.75, 3.05) is 13.1 Å². The lowest BCUT2D eigenvalue weighted by Gasteiger charge is -2.21. The molecular weight excluding hydrogens is 255 g/mol. The molecular formula is C16H19FN2O. The van der Waals surface area contributed by atoms with Gasteiger partial charge in [-0.15, -0.1) is 0 Å². The van der Waals surface area contributed by atoms with Crippen LogP contribution in [0.2, 0.25) is 0 Å². The highest BCUT2D eigenvalue weighted by Crippen LogP contribution is 2.28. The first-order valence-electron chi connectivity index (χ1n) is 6.96. The van der Waals surface area contributed by atoms with Crippen molar-refractivity contribution in [3.8, 4) is 11.8 Å². The molecule has 0 aliphatic heterocycles. The first-order valence-corrected chi connectivity index (χ1v) is 6.96. The van der Waals surface area contributed by atoms with Crippen LogP contribution in [0.3, 0.4) is 0 Å². The summed E-state index contributed by atoms with van der Waals surface area (Å²) in [5, 5.41) is 0. The van der Waals surface area contributed by atoms with Crippen molar-refractivity contribution in [1.29, 1.82) is 0 Å². The first-order chi connectivity index (χ1) is 9.67. The molecule has 0 heterocycles. The van der Waals surface area contributed by atoms with Crippen molar-refractivity contribution in [1.82, 2.24) is 4.90 Å². The van der Waals surface area contributed by atoms with E-state index in [0.717, 1.165) is 25.8 Å². The third kappa shape index (κ3) is 3.37. The molecule has 0 radical (unpaired) electrons. The van der Waals surface area contributed by atoms with Gasteiger partial charge in [0, 0.05) is 18.2 Å². The molecule has 1 aliphatic carbocycles. The van der Waals surface area contributed by atoms with Crippen LogP contribution in [0, 0.1) is 17.7 Å². The van der Waals surface area contributed by atoms with Crippen LogP contribution in [0.25, 0.3) is 0 Å². The first kappa shape index (κ1) is 14.5. The molecule has 1 amide bonds. The van der Waals surface area contributed by atoms with Crippen LogP contribution < -0.4 is 5.73 Å². The maximum absolute atomic E-state index is 13.9. The van der Waals surface area contributed by atoms with E-state index in [0.29, 0.717) is 11.6 Å². The molecule has 1 aliphatic rings. The summed E-state index contributed by atoms with van der Waals surface area (Å²) in [6.07, 6.45) is 3.01. The summed E-state index contributed by atoms with van der Waals surface area (Å²) in [6.45, 7) is 2.95. The Labute approximate surface area is 119 Å². The van der Waals surface area contributed by atoms with Gasteiger partial charge >= 0.3 is 0 Å². The van der Waals surface area contributed by atoms with Crippen LogP contribution in [-0.4, -0.2) is 29.9 Å². The fraction of sp³-hybridized carbons (Fsp3) is 0.438. The highest BCUT2D eigenvalue weighted by Gasteiger charge is 2.32. The van der Waals surface area contributed by atoms with Gasteiger partial charge in [-0.3, -0.25) is 4.79 Å². The van der Waals surface area contributed by atoms with Gasteiger partial charge in [0.25, 0.3) is 5.91 Å². The number of carbonyl (C=O) groups excluding carboxylic acids is 1. The number of carbonyl (C=O) groups is 1. The van der Waals surface area contributed by atoms with Crippen molar-refractivity contribution in [2.24, 2.45) is 5.73 Å². The van der Waals surface area contributed by atoms with Crippen LogP contribution in [0.15, 0.2) is 18.2 Å². The number of nitrogens with two attached hydrogens (primary N) is 1. The molecule has 1 aromatic carbocycles. The van der Waals surface area contributed by atoms with Crippen molar-refractivity contribution in [2.45, 2.75) is 32.2 Å². The lowest BCUT2D eigenvalue weighted by Crippen LogP contribution is -2.33. The van der Waals surface area contributed by atoms with E-state index >= 15 is 0 Å². The molecule has 1 fully saturated rings. The predicted molar refractivity (Wildman–Crippen MR) is 76.7 cm³/mol. The van der Waals surface area contributed by atoms with E-state index < -0.39 is 5.82 Å². The minimum atomic E-state index is -0.468. The van der Waals surface area contributed by atoms with Crippen molar-refractivity contribution < 1.29 is 9.18 Å². The topological polar surface area (TPSA) is 46.3 Å². The zero-order chi connectivity index (χ0) is 14.5. The number of rotatable bonds is 4. The zero-order valence-electron chi connectivity index (χ0n) is 11.7. The summed E-state index contributed by atoms with van der Waals surface area (Å²) in [6, 6.07) is 4.79. The predicted octanol–water partition coefficient (Wildman–Crippen LogP) is 2.15. The molecule has 0 saturated heterocycles. The summed E-state index contributed by atoms with van der Waals surface area (Å²) >= 11 is 0. The molecule has 0 spiro atoms. The molecule has 3 nitrogen and oxygen atoms in total. The third-order valence-corrected chi connectivity index (χ3v) is 3.25. The van der Waals surface area contributed by atoms with E-state index in [2.05, 4.69) is 11.8 Å². The normalized spacial score (nSPS) is 13.6. The summed E-state index contributed by atoms with van der Waals surface area (Å²) in [4.78, 5) is 14.2. The van der Waals surface area contributed by atoms with Crippen molar-refractivity contribution in [3.05, 3.63) is 35.1 Å². The number of nitrogens with zero attached hydrogens (tertiary/aromatic N) is 1. The fourth-order valence-corrected chi connectivity index (χ4v) is 2.14. The summed E-state index contributed by atoms with van der Waals surface area (Å²) in [7, 11) is 0. The maximum atomic E-state index is 13.9. The van der Waals surface area contributed by atoms with Gasteiger partial charge in [0.05, 0.1) is 12.1 Å². The highest BCUT2D eigenvalue weighted by molar-refractivity contribution is 5.94. The van der Waals surface area contributed by atoms with Gasteiger partial charge in [-0.1, -0.05) is 18.8 Å². The molecule has 1 aromatic rings. The monoisotopic (exact) mass is 274 g/mol. The van der Waals surface area contributed by atoms with Gasteiger partial charge in [0.15, 0.2) is 0 Å². The van der Waals surface area contributed by atoms with Crippen molar-refractivity contribution >= 4 is 5.91 Å². The van der Waals surface area contributed by atoms with Crippen LogP contribution in [0.5, 0.6) is 0 Å². The number of amides is 1. The van der Waals surface area contributed by atoms with E-state index in [4.69, 9.17) is 5.73 Å². The Morgan fingerprint density at radius 3 is 2.80 bits per heavy atom. The maximum Gasteiger partial charge on any atom is 0.254 e. The summed E-state index contributed by atoms with van der Waals surface area (Å²) < 4.78 is 13.9. The largest absolute Gasteiger partial charge is 0.336 e. The number of halogens is 1. The van der Waals surface area contributed by atoms with Gasteiger partial charge < -0.3 is 10.6 Å². The second-order valence-electron chi connectivity index (χ2n) is 4.93. The van der Waals surface area contributed by atoms with Gasteiger partial charge in [-0.25, -0.2) is 4.39 Å². The molecule has 1 saturated carbocycles. The van der Waals surface area contributed by atoms with E-state index in [1.807, 2.05) is 11.8 Å². The van der Waals surface area contributed by atoms with Crippen LogP contribution in [0.1, 0.15) is 42.1 Å². The molecule has 0 atom stereocenters. The van der Waals surface area contributed by atoms with Gasteiger partial charge in [0.1, 0.15) is 5.82 Å². The average molecular weight is 274 g/mol. The zero-order valence-corrected chi connectivity index (χ0v) is 11.7. The Kier molecular flexibility index (Phi) is 4.75. The minimum Gasteiger partial charge on any atom is -0.336 e. The van der Waals surface area contributed by atoms with E-state index in [-0.39, 0.29) is 18.0 Å². The quantitative estimate of drug-likeness (QED) is 0.855. The molecule has 20 heavy (non-hydrogen) atoms. The number of hydrogen-bond donors (Lipinski definition) is 1. The number of benzene rings is 1. The fourth-order valence-electron chi connectivity index (χ4n) is 2.14. The second-order valence-corrected chi connectivity index (χ2v) is 4.93. The van der Waals surface area contributed by atoms with Crippen LogP contribution in [0.4, 0.5) is 4.39 Å². The van der Waals surface area contributed by atoms with Gasteiger partial charge in [-0.2, -0.15) is 0 Å². The Morgan fingerprint density at radius 1 is 1.50 bits per heavy atom. The summed E-state index contributed by atoms with van der Waals surface area (Å²) in [5.74, 6) is 4.70. The van der Waals surface area contributed by atoms with Crippen LogP contribution >= 0.6 is 0 Å². The Morgan fingerprint density at radius 2 is 2.25 bits per heavy atom. The van der Waals surface area contributed by atoms with Gasteiger partial charge in [-0.05, 0) is 37.5 Å². The average Bonchev–Trinajstić information content (AvgIpc) is 3.27. The van der Waals surface area contributed by atoms with Crippen molar-refractivity contribution in [3.63, 3.8) is 0 Å². The molecule has 0 aromatic heterocycles. The summed E-state index contributed by atoms with van der Waals surface area (Å²) in [5.41, 5.74) is 5.93. The third-order valence-electron chi connectivity index (χ3n) is 3.25. The van der Waals surface area contributed by atoms with Gasteiger partial charge in [0.2, 0.25) is 0 Å². The smallest absolute Gasteiger partial charge is 0.254 e. The lowest BCUT2D eigenvalue weighted by atomic mass is 10.1. The minimum absolute atomic E-state index is 0.0911. The molecule has 2 N–H and O–H groups in total. The molecule has 106 valence electrons. The second kappa shape index (κ2) is 6.53. The van der Waals surface area contributed by atoms with E-state index in [1.165, 1.54) is 6.07 Å². The number of hydrogen-bond acceptors (Lipinski definition) is 2. The molecule has 0 bridgehead atoms. The standard InChI is InChI=1S/C16H19FN2O/c1-2-10-19(14-7-8-14)16(20)13-6-5-12(4-3-9-18)15(17)11-13/h5-6,11,14H,2,7-10,18H2,1H3. The van der Waals surface area contributed by atoms with E-state index in [9.17, 15) is 9.18 Å². The van der Waals surface area contributed by atoms with E-state index in [1.54, 1.807) is 12.1 Å². The molecule has 4 heteroatoms. The Balaban J connectivity index is 2.19.